The van der Waals surface area contributed by atoms with Crippen LogP contribution in [0.2, 0.25) is 0 Å². The van der Waals surface area contributed by atoms with E-state index >= 15 is 0 Å². The van der Waals surface area contributed by atoms with Crippen molar-refractivity contribution in [2.24, 2.45) is 29.6 Å². The Kier molecular flexibility index (Phi) is 0.938. The molecule has 1 heterocycles. The van der Waals surface area contributed by atoms with Gasteiger partial charge in [-0.2, -0.15) is 0 Å². The fourth-order valence-electron chi connectivity index (χ4n) is 4.31. The summed E-state index contributed by atoms with van der Waals surface area (Å²) in [5.74, 6) is 3.88. The topological polar surface area (TPSA) is 29.1 Å². The van der Waals surface area contributed by atoms with Gasteiger partial charge >= 0.3 is 0 Å². The molecule has 1 N–H and O–H groups in total. The molecule has 13 heavy (non-hydrogen) atoms. The lowest BCUT2D eigenvalue weighted by atomic mass is 9.69. The first-order valence-corrected chi connectivity index (χ1v) is 5.33. The number of fused-ring (bicyclic) bond motifs is 8. The highest BCUT2D eigenvalue weighted by atomic mass is 16.2. The van der Waals surface area contributed by atoms with Crippen molar-refractivity contribution >= 4 is 5.91 Å². The van der Waals surface area contributed by atoms with Crippen molar-refractivity contribution < 1.29 is 4.79 Å². The molecule has 1 amide bonds. The molecule has 2 heteroatoms. The minimum Gasteiger partial charge on any atom is -0.352 e. The second kappa shape index (κ2) is 1.84. The molecule has 3 aliphatic carbocycles. The van der Waals surface area contributed by atoms with Crippen molar-refractivity contribution in [3.05, 3.63) is 12.2 Å². The van der Waals surface area contributed by atoms with Crippen LogP contribution in [-0.2, 0) is 4.79 Å². The zero-order valence-electron chi connectivity index (χ0n) is 7.44. The average molecular weight is 175 g/mol. The van der Waals surface area contributed by atoms with E-state index in [9.17, 15) is 4.79 Å². The molecule has 4 rings (SSSR count). The normalized spacial score (nSPS) is 60.2. The van der Waals surface area contributed by atoms with E-state index in [1.807, 2.05) is 0 Å². The summed E-state index contributed by atoms with van der Waals surface area (Å²) in [6, 6.07) is 0.568. The van der Waals surface area contributed by atoms with Crippen LogP contribution in [0, 0.1) is 29.6 Å². The van der Waals surface area contributed by atoms with Crippen molar-refractivity contribution in [3.8, 4) is 0 Å². The van der Waals surface area contributed by atoms with Crippen LogP contribution >= 0.6 is 0 Å². The Labute approximate surface area is 77.4 Å². The van der Waals surface area contributed by atoms with Crippen molar-refractivity contribution in [1.29, 1.82) is 0 Å². The summed E-state index contributed by atoms with van der Waals surface area (Å²) < 4.78 is 0. The molecule has 1 saturated heterocycles. The van der Waals surface area contributed by atoms with Crippen LogP contribution in [-0.4, -0.2) is 11.9 Å². The van der Waals surface area contributed by atoms with E-state index in [0.717, 1.165) is 17.8 Å². The van der Waals surface area contributed by atoms with Gasteiger partial charge in [-0.05, 0) is 36.5 Å². The maximum absolute atomic E-state index is 11.4. The van der Waals surface area contributed by atoms with Crippen molar-refractivity contribution in [2.75, 3.05) is 0 Å². The highest BCUT2D eigenvalue weighted by Gasteiger charge is 2.64. The van der Waals surface area contributed by atoms with Gasteiger partial charge in [-0.25, -0.2) is 0 Å². The van der Waals surface area contributed by atoms with E-state index in [0.29, 0.717) is 23.8 Å². The number of carbonyl (C=O) groups excluding carboxylic acids is 1. The Bertz CT molecular complexity index is 320. The molecule has 0 aromatic rings. The van der Waals surface area contributed by atoms with Crippen molar-refractivity contribution in [2.45, 2.75) is 18.9 Å². The van der Waals surface area contributed by atoms with E-state index in [1.165, 1.54) is 12.8 Å². The molecule has 4 aliphatic rings. The Morgan fingerprint density at radius 2 is 2.23 bits per heavy atom. The molecule has 68 valence electrons. The van der Waals surface area contributed by atoms with Gasteiger partial charge in [0.1, 0.15) is 0 Å². The number of hydrogen-bond donors (Lipinski definition) is 1. The zero-order chi connectivity index (χ0) is 8.58. The summed E-state index contributed by atoms with van der Waals surface area (Å²) in [4.78, 5) is 11.4. The van der Waals surface area contributed by atoms with E-state index < -0.39 is 0 Å². The Balaban J connectivity index is 1.77. The van der Waals surface area contributed by atoms with E-state index in [-0.39, 0.29) is 0 Å². The van der Waals surface area contributed by atoms with E-state index in [2.05, 4.69) is 17.5 Å². The van der Waals surface area contributed by atoms with Crippen molar-refractivity contribution in [1.82, 2.24) is 5.32 Å². The lowest BCUT2D eigenvalue weighted by Crippen LogP contribution is -2.63. The van der Waals surface area contributed by atoms with Crippen LogP contribution < -0.4 is 5.32 Å². The first-order chi connectivity index (χ1) is 6.36. The molecular weight excluding hydrogens is 162 g/mol. The smallest absolute Gasteiger partial charge is 0.225 e. The number of amides is 1. The third kappa shape index (κ3) is 0.560. The highest BCUT2D eigenvalue weighted by Crippen LogP contribution is 2.61. The lowest BCUT2D eigenvalue weighted by molar-refractivity contribution is -0.139. The van der Waals surface area contributed by atoms with Crippen LogP contribution in [0.4, 0.5) is 0 Å². The molecule has 2 saturated carbocycles. The summed E-state index contributed by atoms with van der Waals surface area (Å²) in [6.45, 7) is 0. The lowest BCUT2D eigenvalue weighted by Gasteiger charge is -2.44. The monoisotopic (exact) mass is 175 g/mol. The first-order valence-electron chi connectivity index (χ1n) is 5.33. The van der Waals surface area contributed by atoms with Gasteiger partial charge in [0, 0.05) is 6.04 Å². The molecule has 0 spiro atoms. The summed E-state index contributed by atoms with van der Waals surface area (Å²) in [5.41, 5.74) is 0. The van der Waals surface area contributed by atoms with Crippen LogP contribution in [0.15, 0.2) is 12.2 Å². The molecule has 6 atom stereocenters. The van der Waals surface area contributed by atoms with Crippen LogP contribution in [0.1, 0.15) is 12.8 Å². The number of allylic oxidation sites excluding steroid dienone is 2. The van der Waals surface area contributed by atoms with Crippen LogP contribution in [0.5, 0.6) is 0 Å². The molecule has 0 unspecified atom stereocenters. The summed E-state index contributed by atoms with van der Waals surface area (Å²) in [5, 5.41) is 3.08. The molecular formula is C11H13NO. The summed E-state index contributed by atoms with van der Waals surface area (Å²) >= 11 is 0. The quantitative estimate of drug-likeness (QED) is 0.431. The Morgan fingerprint density at radius 3 is 3.08 bits per heavy atom. The Morgan fingerprint density at radius 1 is 1.31 bits per heavy atom. The predicted octanol–water partition coefficient (Wildman–Crippen LogP) is 0.943. The molecule has 3 fully saturated rings. The van der Waals surface area contributed by atoms with Crippen LogP contribution in [0.25, 0.3) is 0 Å². The van der Waals surface area contributed by atoms with Gasteiger partial charge < -0.3 is 5.32 Å². The fourth-order valence-corrected chi connectivity index (χ4v) is 4.31. The third-order valence-electron chi connectivity index (χ3n) is 4.77. The van der Waals surface area contributed by atoms with Gasteiger partial charge in [0.15, 0.2) is 0 Å². The maximum Gasteiger partial charge on any atom is 0.225 e. The third-order valence-corrected chi connectivity index (χ3v) is 4.77. The standard InChI is InChI=1S/C11H13NO/c13-11-9-7-4-8(10(9)12-11)6-3-1-2-5(6)7/h1-2,5-10H,3-4H2,(H,12,13)/t5-,6+,7-,8-,9+,10-/m0/s1. The zero-order valence-corrected chi connectivity index (χ0v) is 7.44. The molecule has 0 aromatic carbocycles. The fraction of sp³-hybridized carbons (Fsp3) is 0.727. The number of rotatable bonds is 0. The van der Waals surface area contributed by atoms with E-state index in [1.54, 1.807) is 0 Å². The number of carbonyl (C=O) groups is 1. The van der Waals surface area contributed by atoms with Gasteiger partial charge in [0.25, 0.3) is 0 Å². The van der Waals surface area contributed by atoms with Crippen LogP contribution in [0.3, 0.4) is 0 Å². The van der Waals surface area contributed by atoms with Gasteiger partial charge in [0.05, 0.1) is 5.92 Å². The van der Waals surface area contributed by atoms with Gasteiger partial charge in [0.2, 0.25) is 5.91 Å². The first kappa shape index (κ1) is 6.63. The largest absolute Gasteiger partial charge is 0.352 e. The number of hydrogen-bond acceptors (Lipinski definition) is 1. The minimum atomic E-state index is 0.330. The van der Waals surface area contributed by atoms with Gasteiger partial charge in [-0.1, -0.05) is 12.2 Å². The predicted molar refractivity (Wildman–Crippen MR) is 47.8 cm³/mol. The van der Waals surface area contributed by atoms with E-state index in [4.69, 9.17) is 0 Å². The Hall–Kier alpha value is -0.790. The van der Waals surface area contributed by atoms with Gasteiger partial charge in [-0.15, -0.1) is 0 Å². The summed E-state index contributed by atoms with van der Waals surface area (Å²) in [7, 11) is 0. The second-order valence-electron chi connectivity index (χ2n) is 5.03. The highest BCUT2D eigenvalue weighted by molar-refractivity contribution is 5.87. The minimum absolute atomic E-state index is 0.330. The molecule has 0 radical (unpaired) electrons. The summed E-state index contributed by atoms with van der Waals surface area (Å²) in [6.07, 6.45) is 7.28. The average Bonchev–Trinajstić information content (AvgIpc) is 2.68. The molecule has 2 nitrogen and oxygen atoms in total. The number of β-lactam (4-membered cyclic amide) rings is 1. The SMILES string of the molecule is O=C1N[C@H]2[C@H]3C[C@@H]([C@H]4C=CC[C@H]43)[C@@H]12. The second-order valence-corrected chi connectivity index (χ2v) is 5.03. The molecule has 2 bridgehead atoms. The molecule has 1 aliphatic heterocycles. The number of nitrogens with one attached hydrogen (secondary N) is 1. The maximum atomic E-state index is 11.4. The van der Waals surface area contributed by atoms with Crippen molar-refractivity contribution in [3.63, 3.8) is 0 Å². The molecule has 0 aromatic heterocycles. The van der Waals surface area contributed by atoms with Gasteiger partial charge in [-0.3, -0.25) is 4.79 Å².